The van der Waals surface area contributed by atoms with Crippen LogP contribution in [-0.4, -0.2) is 6.61 Å². The molecule has 0 heterocycles. The third-order valence-electron chi connectivity index (χ3n) is 4.76. The van der Waals surface area contributed by atoms with Crippen molar-refractivity contribution < 1.29 is 17.9 Å². The second-order valence-corrected chi connectivity index (χ2v) is 6.87. The van der Waals surface area contributed by atoms with E-state index in [0.29, 0.717) is 12.2 Å². The predicted molar refractivity (Wildman–Crippen MR) is 117 cm³/mol. The minimum Gasteiger partial charge on any atom is -0.490 e. The molecule has 0 aliphatic carbocycles. The molecule has 0 saturated heterocycles. The molecule has 4 heteroatoms. The fourth-order valence-corrected chi connectivity index (χ4v) is 3.17. The van der Waals surface area contributed by atoms with Crippen LogP contribution < -0.4 is 4.74 Å². The number of halogens is 3. The van der Waals surface area contributed by atoms with Crippen LogP contribution in [0.25, 0.3) is 21.9 Å². The first-order valence-electron chi connectivity index (χ1n) is 9.58. The standard InChI is InChI=1S/C27H17F3O/c1-2-15-31-23-12-10-21(11-13-23)20-8-5-18(6-9-20)3-4-19-7-14-24-22(16-19)17-25(28)27(30)26(24)29/h2,5-14,16-17H,1,15H2. The Hall–Kier alpha value is -3.97. The summed E-state index contributed by atoms with van der Waals surface area (Å²) in [5, 5.41) is 0.286. The molecule has 0 aromatic heterocycles. The minimum absolute atomic E-state index is 0.0229. The van der Waals surface area contributed by atoms with Crippen LogP contribution in [0, 0.1) is 29.3 Å². The van der Waals surface area contributed by atoms with Gasteiger partial charge < -0.3 is 4.74 Å². The molecule has 0 saturated carbocycles. The Morgan fingerprint density at radius 1 is 0.742 bits per heavy atom. The highest BCUT2D eigenvalue weighted by Gasteiger charge is 2.13. The summed E-state index contributed by atoms with van der Waals surface area (Å²) in [5.74, 6) is 2.92. The van der Waals surface area contributed by atoms with Crippen LogP contribution in [0.15, 0.2) is 85.5 Å². The molecule has 0 bridgehead atoms. The highest BCUT2D eigenvalue weighted by Crippen LogP contribution is 2.25. The largest absolute Gasteiger partial charge is 0.490 e. The summed E-state index contributed by atoms with van der Waals surface area (Å²) in [6, 6.07) is 21.0. The normalized spacial score (nSPS) is 10.4. The van der Waals surface area contributed by atoms with Crippen molar-refractivity contribution in [3.8, 4) is 28.7 Å². The third kappa shape index (κ3) is 4.46. The molecule has 0 amide bonds. The van der Waals surface area contributed by atoms with E-state index in [1.165, 1.54) is 12.1 Å². The summed E-state index contributed by atoms with van der Waals surface area (Å²) >= 11 is 0. The lowest BCUT2D eigenvalue weighted by molar-refractivity contribution is 0.363. The first kappa shape index (κ1) is 20.3. The molecular formula is C27H17F3O. The van der Waals surface area contributed by atoms with Gasteiger partial charge in [-0.2, -0.15) is 0 Å². The minimum atomic E-state index is -1.47. The summed E-state index contributed by atoms with van der Waals surface area (Å²) < 4.78 is 46.2. The monoisotopic (exact) mass is 414 g/mol. The van der Waals surface area contributed by atoms with Gasteiger partial charge in [0.1, 0.15) is 12.4 Å². The smallest absolute Gasteiger partial charge is 0.195 e. The topological polar surface area (TPSA) is 9.23 Å². The SMILES string of the molecule is C=CCOc1ccc(-c2ccc(C#Cc3ccc4c(F)c(F)c(F)cc4c3)cc2)cc1. The van der Waals surface area contributed by atoms with Gasteiger partial charge in [0.15, 0.2) is 17.5 Å². The summed E-state index contributed by atoms with van der Waals surface area (Å²) in [4.78, 5) is 0. The van der Waals surface area contributed by atoms with Crippen LogP contribution in [0.1, 0.15) is 11.1 Å². The molecular weight excluding hydrogens is 397 g/mol. The zero-order valence-corrected chi connectivity index (χ0v) is 16.5. The molecule has 0 aliphatic heterocycles. The van der Waals surface area contributed by atoms with Crippen molar-refractivity contribution in [3.05, 3.63) is 114 Å². The van der Waals surface area contributed by atoms with Gasteiger partial charge in [-0.3, -0.25) is 0 Å². The summed E-state index contributed by atoms with van der Waals surface area (Å²) in [6.07, 6.45) is 1.70. The number of rotatable bonds is 4. The molecule has 4 aromatic rings. The molecule has 0 unspecified atom stereocenters. The van der Waals surface area contributed by atoms with Crippen molar-refractivity contribution in [2.75, 3.05) is 6.61 Å². The molecule has 0 fully saturated rings. The van der Waals surface area contributed by atoms with Gasteiger partial charge in [-0.25, -0.2) is 13.2 Å². The van der Waals surface area contributed by atoms with E-state index >= 15 is 0 Å². The van der Waals surface area contributed by atoms with E-state index < -0.39 is 17.5 Å². The molecule has 4 rings (SSSR count). The van der Waals surface area contributed by atoms with E-state index in [0.717, 1.165) is 28.5 Å². The highest BCUT2D eigenvalue weighted by molar-refractivity contribution is 5.84. The van der Waals surface area contributed by atoms with Crippen molar-refractivity contribution in [2.24, 2.45) is 0 Å². The number of benzene rings is 4. The Morgan fingerprint density at radius 2 is 1.35 bits per heavy atom. The first-order chi connectivity index (χ1) is 15.0. The van der Waals surface area contributed by atoms with Crippen LogP contribution in [0.4, 0.5) is 13.2 Å². The molecule has 0 spiro atoms. The Balaban J connectivity index is 1.53. The molecule has 152 valence electrons. The Bertz CT molecular complexity index is 1310. The van der Waals surface area contributed by atoms with Crippen molar-refractivity contribution in [1.29, 1.82) is 0 Å². The van der Waals surface area contributed by atoms with Crippen LogP contribution in [-0.2, 0) is 0 Å². The molecule has 1 nitrogen and oxygen atoms in total. The predicted octanol–water partition coefficient (Wildman–Crippen LogP) is 6.89. The lowest BCUT2D eigenvalue weighted by Gasteiger charge is -2.05. The molecule has 4 aromatic carbocycles. The highest BCUT2D eigenvalue weighted by atomic mass is 19.2. The number of fused-ring (bicyclic) bond motifs is 1. The Morgan fingerprint density at radius 3 is 2.03 bits per heavy atom. The maximum absolute atomic E-state index is 13.8. The van der Waals surface area contributed by atoms with Crippen molar-refractivity contribution in [1.82, 2.24) is 0 Å². The number of hydrogen-bond acceptors (Lipinski definition) is 1. The van der Waals surface area contributed by atoms with Gasteiger partial charge >= 0.3 is 0 Å². The lowest BCUT2D eigenvalue weighted by atomic mass is 10.0. The average molecular weight is 414 g/mol. The number of ether oxygens (including phenoxy) is 1. The fourth-order valence-electron chi connectivity index (χ4n) is 3.17. The van der Waals surface area contributed by atoms with E-state index in [1.54, 1.807) is 12.1 Å². The van der Waals surface area contributed by atoms with Crippen molar-refractivity contribution in [2.45, 2.75) is 0 Å². The second-order valence-electron chi connectivity index (χ2n) is 6.87. The first-order valence-corrected chi connectivity index (χ1v) is 9.58. The lowest BCUT2D eigenvalue weighted by Crippen LogP contribution is -1.92. The second kappa shape index (κ2) is 8.81. The zero-order chi connectivity index (χ0) is 21.8. The maximum Gasteiger partial charge on any atom is 0.195 e. The van der Waals surface area contributed by atoms with Gasteiger partial charge in [0.25, 0.3) is 0 Å². The Labute approximate surface area is 178 Å². The maximum atomic E-state index is 13.8. The van der Waals surface area contributed by atoms with Crippen LogP contribution in [0.5, 0.6) is 5.75 Å². The molecule has 0 aliphatic rings. The average Bonchev–Trinajstić information content (AvgIpc) is 2.80. The fraction of sp³-hybridized carbons (Fsp3) is 0.0370. The van der Waals surface area contributed by atoms with E-state index in [9.17, 15) is 13.2 Å². The molecule has 0 N–H and O–H groups in total. The van der Waals surface area contributed by atoms with Crippen molar-refractivity contribution >= 4 is 10.8 Å². The van der Waals surface area contributed by atoms with E-state index in [-0.39, 0.29) is 10.8 Å². The van der Waals surface area contributed by atoms with Crippen molar-refractivity contribution in [3.63, 3.8) is 0 Å². The van der Waals surface area contributed by atoms with Gasteiger partial charge in [-0.1, -0.05) is 54.8 Å². The summed E-state index contributed by atoms with van der Waals surface area (Å²) in [5.41, 5.74) is 3.47. The van der Waals surface area contributed by atoms with Gasteiger partial charge in [0.2, 0.25) is 0 Å². The van der Waals surface area contributed by atoms with Crippen LogP contribution in [0.2, 0.25) is 0 Å². The van der Waals surface area contributed by atoms with E-state index in [4.69, 9.17) is 4.74 Å². The van der Waals surface area contributed by atoms with Crippen LogP contribution in [0.3, 0.4) is 0 Å². The van der Waals surface area contributed by atoms with Gasteiger partial charge in [-0.15, -0.1) is 0 Å². The Kier molecular flexibility index (Phi) is 5.77. The summed E-state index contributed by atoms with van der Waals surface area (Å²) in [6.45, 7) is 4.09. The quantitative estimate of drug-likeness (QED) is 0.201. The zero-order valence-electron chi connectivity index (χ0n) is 16.5. The number of hydrogen-bond donors (Lipinski definition) is 0. The molecule has 0 atom stereocenters. The van der Waals surface area contributed by atoms with Gasteiger partial charge in [0, 0.05) is 16.5 Å². The summed E-state index contributed by atoms with van der Waals surface area (Å²) in [7, 11) is 0. The third-order valence-corrected chi connectivity index (χ3v) is 4.76. The van der Waals surface area contributed by atoms with Crippen LogP contribution >= 0.6 is 0 Å². The van der Waals surface area contributed by atoms with E-state index in [1.807, 2.05) is 48.5 Å². The van der Waals surface area contributed by atoms with E-state index in [2.05, 4.69) is 18.4 Å². The van der Waals surface area contributed by atoms with Gasteiger partial charge in [0.05, 0.1) is 0 Å². The molecule has 31 heavy (non-hydrogen) atoms. The molecule has 0 radical (unpaired) electrons. The van der Waals surface area contributed by atoms with Gasteiger partial charge in [-0.05, 0) is 59.0 Å².